The highest BCUT2D eigenvalue weighted by atomic mass is 16.4. The van der Waals surface area contributed by atoms with Gasteiger partial charge in [-0.2, -0.15) is 0 Å². The molecule has 13 aromatic rings. The van der Waals surface area contributed by atoms with Crippen LogP contribution in [-0.2, 0) is 5.41 Å². The van der Waals surface area contributed by atoms with E-state index in [1.165, 1.54) is 49.9 Å². The van der Waals surface area contributed by atoms with Crippen molar-refractivity contribution in [3.63, 3.8) is 0 Å². The van der Waals surface area contributed by atoms with E-state index in [1.54, 1.807) is 0 Å². The molecule has 0 saturated heterocycles. The third-order valence-electron chi connectivity index (χ3n) is 14.5. The predicted octanol–water partition coefficient (Wildman–Crippen LogP) is 16.2. The zero-order valence-electron chi connectivity index (χ0n) is 37.0. The van der Waals surface area contributed by atoms with Crippen LogP contribution in [0, 0.1) is 0 Å². The summed E-state index contributed by atoms with van der Waals surface area (Å²) in [5.74, 6) is 1.22. The molecule has 0 unspecified atom stereocenters. The number of hydrogen-bond acceptors (Lipinski definition) is 5. The maximum Gasteiger partial charge on any atom is 0.227 e. The van der Waals surface area contributed by atoms with Crippen molar-refractivity contribution in [3.8, 4) is 50.8 Å². The molecule has 0 fully saturated rings. The van der Waals surface area contributed by atoms with E-state index in [1.807, 2.05) is 48.5 Å². The number of aromatic nitrogens is 3. The predicted molar refractivity (Wildman–Crippen MR) is 278 cm³/mol. The molecule has 0 radical (unpaired) electrons. The van der Waals surface area contributed by atoms with Gasteiger partial charge in [-0.05, 0) is 154 Å². The molecule has 0 aliphatic heterocycles. The molecule has 69 heavy (non-hydrogen) atoms. The van der Waals surface area contributed by atoms with Gasteiger partial charge in [0.15, 0.2) is 11.2 Å². The van der Waals surface area contributed by atoms with E-state index < -0.39 is 5.41 Å². The van der Waals surface area contributed by atoms with E-state index in [0.29, 0.717) is 11.8 Å². The van der Waals surface area contributed by atoms with Gasteiger partial charge < -0.3 is 18.3 Å². The van der Waals surface area contributed by atoms with Crippen molar-refractivity contribution in [1.29, 1.82) is 0 Å². The smallest absolute Gasteiger partial charge is 0.227 e. The molecule has 3 aromatic heterocycles. The first-order valence-electron chi connectivity index (χ1n) is 23.4. The van der Waals surface area contributed by atoms with Gasteiger partial charge in [-0.1, -0.05) is 121 Å². The fourth-order valence-electron chi connectivity index (χ4n) is 11.5. The van der Waals surface area contributed by atoms with Crippen LogP contribution in [0.25, 0.3) is 94.9 Å². The summed E-state index contributed by atoms with van der Waals surface area (Å²) in [6.07, 6.45) is 0. The lowest BCUT2D eigenvalue weighted by Crippen LogP contribution is -2.26. The summed E-state index contributed by atoms with van der Waals surface area (Å²) in [5, 5.41) is 2.32. The van der Waals surface area contributed by atoms with Crippen LogP contribution in [0.15, 0.2) is 239 Å². The fraction of sp³-hybridized carbons (Fsp3) is 0.0159. The Morgan fingerprint density at radius 2 is 0.884 bits per heavy atom. The molecule has 1 spiro atoms. The summed E-state index contributed by atoms with van der Waals surface area (Å²) >= 11 is 0. The van der Waals surface area contributed by atoms with Gasteiger partial charge in [0.25, 0.3) is 0 Å². The molecule has 2 aliphatic rings. The van der Waals surface area contributed by atoms with Crippen molar-refractivity contribution in [2.75, 3.05) is 4.90 Å². The topological polar surface area (TPSA) is 60.2 Å². The molecule has 0 amide bonds. The summed E-state index contributed by atoms with van der Waals surface area (Å²) < 4.78 is 14.9. The highest BCUT2D eigenvalue weighted by molar-refractivity contribution is 6.10. The Kier molecular flexibility index (Phi) is 7.89. The molecule has 0 bridgehead atoms. The van der Waals surface area contributed by atoms with Crippen LogP contribution in [0.2, 0.25) is 0 Å². The molecule has 322 valence electrons. The lowest BCUT2D eigenvalue weighted by Gasteiger charge is -2.32. The number of nitrogens with zero attached hydrogens (tertiary/aromatic N) is 4. The Hall–Kier alpha value is -9.26. The number of rotatable bonds is 6. The number of fused-ring (bicyclic) bond motifs is 15. The number of para-hydroxylation sites is 6. The maximum atomic E-state index is 6.28. The number of anilines is 3. The summed E-state index contributed by atoms with van der Waals surface area (Å²) in [5.41, 5.74) is 21.2. The maximum absolute atomic E-state index is 6.28. The average Bonchev–Trinajstić information content (AvgIpc) is 4.23. The summed E-state index contributed by atoms with van der Waals surface area (Å²) in [4.78, 5) is 12.0. The molecule has 0 N–H and O–H groups in total. The van der Waals surface area contributed by atoms with Gasteiger partial charge >= 0.3 is 0 Å². The molecule has 6 heteroatoms. The number of hydrogen-bond donors (Lipinski definition) is 0. The largest absolute Gasteiger partial charge is 0.436 e. The first kappa shape index (κ1) is 37.9. The SMILES string of the molecule is c1ccc(N(c2ccc(-c3nc4ccccc4o3)cc2)c2ccc3c(c2)C2(c4ccccc4-c4ccccc42)c2cc(-n4c5ccccc5c5cc(-c6nc7ccccc7o6)ccc54)ccc2-3)cc1. The molecule has 2 aliphatic carbocycles. The van der Waals surface area contributed by atoms with Crippen LogP contribution >= 0.6 is 0 Å². The van der Waals surface area contributed by atoms with Gasteiger partial charge in [0, 0.05) is 44.6 Å². The minimum atomic E-state index is -0.595. The average molecular weight is 883 g/mol. The van der Waals surface area contributed by atoms with Crippen molar-refractivity contribution in [1.82, 2.24) is 14.5 Å². The van der Waals surface area contributed by atoms with Gasteiger partial charge in [-0.3, -0.25) is 0 Å². The van der Waals surface area contributed by atoms with E-state index in [2.05, 4.69) is 191 Å². The first-order chi connectivity index (χ1) is 34.2. The highest BCUT2D eigenvalue weighted by Gasteiger charge is 2.52. The lowest BCUT2D eigenvalue weighted by atomic mass is 9.70. The summed E-state index contributed by atoms with van der Waals surface area (Å²) in [6.45, 7) is 0. The molecule has 0 atom stereocenters. The Labute approximate surface area is 396 Å². The van der Waals surface area contributed by atoms with Crippen LogP contribution in [0.1, 0.15) is 22.3 Å². The Balaban J connectivity index is 0.925. The molecule has 10 aromatic carbocycles. The van der Waals surface area contributed by atoms with Crippen LogP contribution < -0.4 is 4.90 Å². The Morgan fingerprint density at radius 1 is 0.362 bits per heavy atom. The van der Waals surface area contributed by atoms with E-state index in [9.17, 15) is 0 Å². The van der Waals surface area contributed by atoms with Gasteiger partial charge in [-0.25, -0.2) is 9.97 Å². The standard InChI is InChI=1S/C63H38N4O2/c1-2-14-41(15-3-1)66(42-29-26-39(27-30-42)61-64-55-21-9-12-24-59(55)68-61)43-31-33-47-48-34-32-44(38-54(48)63(53(47)37-43)51-19-7-4-16-45(51)46-17-5-8-20-52(46)63)67-57-23-11-6-18-49(57)50-36-40(28-35-58(50)67)62-65-56-22-10-13-25-60(56)69-62/h1-38H. The molecule has 3 heterocycles. The van der Waals surface area contributed by atoms with E-state index in [0.717, 1.165) is 72.5 Å². The minimum absolute atomic E-state index is 0.595. The molecule has 15 rings (SSSR count). The highest BCUT2D eigenvalue weighted by Crippen LogP contribution is 2.63. The molecule has 6 nitrogen and oxygen atoms in total. The van der Waals surface area contributed by atoms with Crippen LogP contribution in [0.3, 0.4) is 0 Å². The first-order valence-corrected chi connectivity index (χ1v) is 23.4. The van der Waals surface area contributed by atoms with Gasteiger partial charge in [0.05, 0.1) is 16.4 Å². The third kappa shape index (κ3) is 5.42. The molecular formula is C63H38N4O2. The number of oxazole rings is 2. The Bertz CT molecular complexity index is 4110. The second-order valence-corrected chi connectivity index (χ2v) is 18.1. The van der Waals surface area contributed by atoms with Crippen LogP contribution in [0.4, 0.5) is 17.1 Å². The summed E-state index contributed by atoms with van der Waals surface area (Å²) in [7, 11) is 0. The normalized spacial score (nSPS) is 13.0. The van der Waals surface area contributed by atoms with E-state index in [-0.39, 0.29) is 0 Å². The van der Waals surface area contributed by atoms with Crippen molar-refractivity contribution < 1.29 is 8.83 Å². The van der Waals surface area contributed by atoms with Gasteiger partial charge in [0.1, 0.15) is 11.0 Å². The van der Waals surface area contributed by atoms with E-state index >= 15 is 0 Å². The van der Waals surface area contributed by atoms with Crippen LogP contribution in [-0.4, -0.2) is 14.5 Å². The van der Waals surface area contributed by atoms with E-state index in [4.69, 9.17) is 18.8 Å². The zero-order valence-corrected chi connectivity index (χ0v) is 37.0. The quantitative estimate of drug-likeness (QED) is 0.166. The van der Waals surface area contributed by atoms with Crippen molar-refractivity contribution >= 4 is 61.1 Å². The fourth-order valence-corrected chi connectivity index (χ4v) is 11.5. The lowest BCUT2D eigenvalue weighted by molar-refractivity contribution is 0.619. The van der Waals surface area contributed by atoms with Crippen molar-refractivity contribution in [2.24, 2.45) is 0 Å². The second-order valence-electron chi connectivity index (χ2n) is 18.1. The second kappa shape index (κ2) is 14.4. The molecule has 0 saturated carbocycles. The van der Waals surface area contributed by atoms with Crippen molar-refractivity contribution in [2.45, 2.75) is 5.41 Å². The van der Waals surface area contributed by atoms with Crippen LogP contribution in [0.5, 0.6) is 0 Å². The Morgan fingerprint density at radius 3 is 1.59 bits per heavy atom. The zero-order chi connectivity index (χ0) is 45.2. The van der Waals surface area contributed by atoms with Gasteiger partial charge in [0.2, 0.25) is 11.8 Å². The molecular weight excluding hydrogens is 845 g/mol. The van der Waals surface area contributed by atoms with Crippen molar-refractivity contribution in [3.05, 3.63) is 253 Å². The van der Waals surface area contributed by atoms with Gasteiger partial charge in [-0.15, -0.1) is 0 Å². The monoisotopic (exact) mass is 882 g/mol. The minimum Gasteiger partial charge on any atom is -0.436 e. The third-order valence-corrected chi connectivity index (χ3v) is 14.5. The number of benzene rings is 10. The summed E-state index contributed by atoms with van der Waals surface area (Å²) in [6, 6.07) is 82.6.